The Morgan fingerprint density at radius 2 is 1.61 bits per heavy atom. The fourth-order valence-corrected chi connectivity index (χ4v) is 1.78. The van der Waals surface area contributed by atoms with Crippen LogP contribution in [0.5, 0.6) is 0 Å². The molecule has 0 fully saturated rings. The molecule has 1 aromatic heterocycles. The van der Waals surface area contributed by atoms with Crippen molar-refractivity contribution in [3.8, 4) is 11.4 Å². The third-order valence-corrected chi connectivity index (χ3v) is 2.70. The molecule has 0 aliphatic carbocycles. The van der Waals surface area contributed by atoms with Gasteiger partial charge in [0.2, 0.25) is 0 Å². The smallest absolute Gasteiger partial charge is 0.236 e. The summed E-state index contributed by atoms with van der Waals surface area (Å²) in [5.74, 6) is 0.115. The second-order valence-corrected chi connectivity index (χ2v) is 4.26. The largest absolute Gasteiger partial charge is 0.419 e. The van der Waals surface area contributed by atoms with E-state index in [9.17, 15) is 13.2 Å². The van der Waals surface area contributed by atoms with E-state index in [1.54, 1.807) is 12.1 Å². The van der Waals surface area contributed by atoms with E-state index in [2.05, 4.69) is 9.97 Å². The minimum absolute atomic E-state index is 0.115. The molecule has 0 aliphatic heterocycles. The molecule has 1 aromatic carbocycles. The molecule has 2 rings (SSSR count). The summed E-state index contributed by atoms with van der Waals surface area (Å²) in [4.78, 5) is 7.29. The lowest BCUT2D eigenvalue weighted by atomic mass is 10.2. The minimum Gasteiger partial charge on any atom is -0.236 e. The van der Waals surface area contributed by atoms with Gasteiger partial charge >= 0.3 is 6.18 Å². The van der Waals surface area contributed by atoms with Crippen molar-refractivity contribution in [2.75, 3.05) is 0 Å². The number of nitrogens with zero attached hydrogens (tertiary/aromatic N) is 2. The van der Waals surface area contributed by atoms with E-state index in [1.165, 1.54) is 6.07 Å². The van der Waals surface area contributed by atoms with Crippen molar-refractivity contribution in [1.82, 2.24) is 9.97 Å². The highest BCUT2D eigenvalue weighted by atomic mass is 35.5. The molecule has 2 aromatic rings. The highest BCUT2D eigenvalue weighted by Crippen LogP contribution is 2.31. The van der Waals surface area contributed by atoms with E-state index in [1.807, 2.05) is 0 Å². The number of aromatic nitrogens is 2. The summed E-state index contributed by atoms with van der Waals surface area (Å²) >= 11 is 11.6. The second kappa shape index (κ2) is 4.74. The standard InChI is InChI=1S/C11H5Cl2F3N2/c12-7-1-2-8(9(13)3-7)10-17-4-6(5-18-10)11(14,15)16/h1-5H. The Kier molecular flexibility index (Phi) is 3.45. The number of hydrogen-bond acceptors (Lipinski definition) is 2. The SMILES string of the molecule is FC(F)(F)c1cnc(-c2ccc(Cl)cc2Cl)nc1. The van der Waals surface area contributed by atoms with Gasteiger partial charge in [0, 0.05) is 23.0 Å². The summed E-state index contributed by atoms with van der Waals surface area (Å²) in [6, 6.07) is 4.58. The van der Waals surface area contributed by atoms with Gasteiger partial charge < -0.3 is 0 Å². The van der Waals surface area contributed by atoms with Gasteiger partial charge in [-0.15, -0.1) is 0 Å². The van der Waals surface area contributed by atoms with E-state index >= 15 is 0 Å². The molecule has 0 atom stereocenters. The van der Waals surface area contributed by atoms with E-state index in [0.717, 1.165) is 0 Å². The van der Waals surface area contributed by atoms with Crippen LogP contribution in [0, 0.1) is 0 Å². The molecule has 2 nitrogen and oxygen atoms in total. The Bertz CT molecular complexity index is 567. The van der Waals surface area contributed by atoms with Crippen LogP contribution in [0.4, 0.5) is 13.2 Å². The molecule has 0 N–H and O–H groups in total. The normalized spacial score (nSPS) is 11.6. The molecule has 0 saturated heterocycles. The first kappa shape index (κ1) is 13.1. The van der Waals surface area contributed by atoms with Crippen LogP contribution in [0.15, 0.2) is 30.6 Å². The third kappa shape index (κ3) is 2.73. The minimum atomic E-state index is -4.46. The highest BCUT2D eigenvalue weighted by Gasteiger charge is 2.31. The molecule has 0 radical (unpaired) electrons. The lowest BCUT2D eigenvalue weighted by Gasteiger charge is -2.07. The van der Waals surface area contributed by atoms with Crippen LogP contribution in [0.25, 0.3) is 11.4 Å². The first-order valence-corrected chi connectivity index (χ1v) is 5.48. The Hall–Kier alpha value is -1.33. The topological polar surface area (TPSA) is 25.8 Å². The lowest BCUT2D eigenvalue weighted by molar-refractivity contribution is -0.138. The zero-order valence-corrected chi connectivity index (χ0v) is 10.2. The van der Waals surface area contributed by atoms with Crippen LogP contribution in [0.2, 0.25) is 10.0 Å². The maximum Gasteiger partial charge on any atom is 0.419 e. The number of rotatable bonds is 1. The van der Waals surface area contributed by atoms with Crippen molar-refractivity contribution in [2.24, 2.45) is 0 Å². The Balaban J connectivity index is 2.41. The molecular weight excluding hydrogens is 288 g/mol. The number of halogens is 5. The van der Waals surface area contributed by atoms with Crippen molar-refractivity contribution in [3.63, 3.8) is 0 Å². The average Bonchev–Trinajstić information content (AvgIpc) is 2.28. The quantitative estimate of drug-likeness (QED) is 0.775. The molecule has 1 heterocycles. The van der Waals surface area contributed by atoms with E-state index in [4.69, 9.17) is 23.2 Å². The van der Waals surface area contributed by atoms with Crippen molar-refractivity contribution < 1.29 is 13.2 Å². The molecule has 0 bridgehead atoms. The predicted octanol–water partition coefficient (Wildman–Crippen LogP) is 4.47. The van der Waals surface area contributed by atoms with Crippen LogP contribution in [0.3, 0.4) is 0 Å². The van der Waals surface area contributed by atoms with Crippen LogP contribution in [0.1, 0.15) is 5.56 Å². The van der Waals surface area contributed by atoms with Crippen molar-refractivity contribution in [3.05, 3.63) is 46.2 Å². The second-order valence-electron chi connectivity index (χ2n) is 3.42. The van der Waals surface area contributed by atoms with Gasteiger partial charge in [0.1, 0.15) is 0 Å². The number of benzene rings is 1. The van der Waals surface area contributed by atoms with Gasteiger partial charge in [-0.05, 0) is 18.2 Å². The molecule has 0 amide bonds. The maximum atomic E-state index is 12.3. The van der Waals surface area contributed by atoms with Crippen LogP contribution in [-0.4, -0.2) is 9.97 Å². The van der Waals surface area contributed by atoms with E-state index in [0.29, 0.717) is 23.0 Å². The Morgan fingerprint density at radius 1 is 1.00 bits per heavy atom. The van der Waals surface area contributed by atoms with Crippen LogP contribution < -0.4 is 0 Å². The van der Waals surface area contributed by atoms with Gasteiger partial charge in [-0.25, -0.2) is 9.97 Å². The number of hydrogen-bond donors (Lipinski definition) is 0. The van der Waals surface area contributed by atoms with E-state index < -0.39 is 11.7 Å². The molecule has 7 heteroatoms. The Morgan fingerprint density at radius 3 is 2.11 bits per heavy atom. The zero-order chi connectivity index (χ0) is 13.3. The molecular formula is C11H5Cl2F3N2. The molecule has 0 spiro atoms. The summed E-state index contributed by atoms with van der Waals surface area (Å²) in [5.41, 5.74) is -0.480. The average molecular weight is 293 g/mol. The van der Waals surface area contributed by atoms with E-state index in [-0.39, 0.29) is 10.8 Å². The van der Waals surface area contributed by atoms with Gasteiger partial charge in [0.15, 0.2) is 5.82 Å². The number of alkyl halides is 3. The summed E-state index contributed by atoms with van der Waals surface area (Å²) in [7, 11) is 0. The Labute approximate surface area is 110 Å². The van der Waals surface area contributed by atoms with Crippen molar-refractivity contribution in [2.45, 2.75) is 6.18 Å². The monoisotopic (exact) mass is 292 g/mol. The van der Waals surface area contributed by atoms with Crippen LogP contribution >= 0.6 is 23.2 Å². The highest BCUT2D eigenvalue weighted by molar-refractivity contribution is 6.36. The van der Waals surface area contributed by atoms with Gasteiger partial charge in [0.25, 0.3) is 0 Å². The van der Waals surface area contributed by atoms with Crippen molar-refractivity contribution in [1.29, 1.82) is 0 Å². The maximum absolute atomic E-state index is 12.3. The summed E-state index contributed by atoms with van der Waals surface area (Å²) in [6.07, 6.45) is -3.02. The molecule has 0 aliphatic rings. The van der Waals surface area contributed by atoms with Gasteiger partial charge in [-0.1, -0.05) is 23.2 Å². The third-order valence-electron chi connectivity index (χ3n) is 2.15. The van der Waals surface area contributed by atoms with Gasteiger partial charge in [-0.3, -0.25) is 0 Å². The zero-order valence-electron chi connectivity index (χ0n) is 8.67. The first-order valence-electron chi connectivity index (χ1n) is 4.72. The van der Waals surface area contributed by atoms with Crippen LogP contribution in [-0.2, 0) is 6.18 Å². The molecule has 94 valence electrons. The molecule has 0 unspecified atom stereocenters. The fraction of sp³-hybridized carbons (Fsp3) is 0.0909. The molecule has 18 heavy (non-hydrogen) atoms. The fourth-order valence-electron chi connectivity index (χ4n) is 1.28. The summed E-state index contributed by atoms with van der Waals surface area (Å²) in [6.45, 7) is 0. The first-order chi connectivity index (χ1) is 8.38. The molecule has 0 saturated carbocycles. The summed E-state index contributed by atoms with van der Waals surface area (Å²) in [5, 5.41) is 0.706. The van der Waals surface area contributed by atoms with Crippen molar-refractivity contribution >= 4 is 23.2 Å². The van der Waals surface area contributed by atoms with Gasteiger partial charge in [-0.2, -0.15) is 13.2 Å². The summed E-state index contributed by atoms with van der Waals surface area (Å²) < 4.78 is 37.0. The lowest BCUT2D eigenvalue weighted by Crippen LogP contribution is -2.06. The predicted molar refractivity (Wildman–Crippen MR) is 62.5 cm³/mol. The van der Waals surface area contributed by atoms with Gasteiger partial charge in [0.05, 0.1) is 10.6 Å².